The number of aliphatic hydroxyl groups excluding tert-OH is 1. The van der Waals surface area contributed by atoms with Crippen molar-refractivity contribution in [3.05, 3.63) is 72.1 Å². The zero-order valence-corrected chi connectivity index (χ0v) is 22.5. The predicted octanol–water partition coefficient (Wildman–Crippen LogP) is 5.22. The van der Waals surface area contributed by atoms with Gasteiger partial charge < -0.3 is 12.0 Å². The summed E-state index contributed by atoms with van der Waals surface area (Å²) in [7, 11) is -3.32. The molecule has 1 N–H and O–H groups in total. The van der Waals surface area contributed by atoms with E-state index in [1.54, 1.807) is 4.31 Å². The van der Waals surface area contributed by atoms with Gasteiger partial charge in [0, 0.05) is 32.7 Å². The van der Waals surface area contributed by atoms with Crippen molar-refractivity contribution >= 4 is 15.7 Å². The molecule has 2 fully saturated rings. The molecule has 171 valence electrons. The third-order valence-corrected chi connectivity index (χ3v) is 8.77. The fourth-order valence-electron chi connectivity index (χ4n) is 5.19. The molecule has 32 heavy (non-hydrogen) atoms. The Hall–Kier alpha value is -0.746. The second-order valence-corrected chi connectivity index (χ2v) is 11.1. The molecule has 2 aromatic rings. The van der Waals surface area contributed by atoms with E-state index in [4.69, 9.17) is 0 Å². The molecule has 2 unspecified atom stereocenters. The fraction of sp³-hybridized carbons (Fsp3) is 0.500. The molecule has 1 saturated carbocycles. The number of nitrogens with zero attached hydrogens (tertiary/aromatic N) is 1. The Morgan fingerprint density at radius 2 is 1.69 bits per heavy atom. The molecule has 0 amide bonds. The summed E-state index contributed by atoms with van der Waals surface area (Å²) in [4.78, 5) is 0. The van der Waals surface area contributed by atoms with Crippen LogP contribution in [0.3, 0.4) is 0 Å². The summed E-state index contributed by atoms with van der Waals surface area (Å²) in [6, 6.07) is 15.7. The summed E-state index contributed by atoms with van der Waals surface area (Å²) in [5, 5.41) is 10.7. The molecule has 1 aliphatic carbocycles. The van der Waals surface area contributed by atoms with Crippen LogP contribution < -0.4 is 4.31 Å². The molecule has 2 aliphatic rings. The topological polar surface area (TPSA) is 57.6 Å². The third kappa shape index (κ3) is 6.22. The van der Waals surface area contributed by atoms with Gasteiger partial charge in [-0.05, 0) is 48.4 Å². The van der Waals surface area contributed by atoms with Gasteiger partial charge in [-0.25, -0.2) is 8.42 Å². The van der Waals surface area contributed by atoms with Crippen molar-refractivity contribution in [2.75, 3.05) is 10.1 Å². The van der Waals surface area contributed by atoms with Crippen molar-refractivity contribution in [1.82, 2.24) is 0 Å². The van der Waals surface area contributed by atoms with Crippen LogP contribution in [0.4, 0.5) is 5.69 Å². The Labute approximate surface area is 218 Å². The molecular weight excluding hydrogens is 495 g/mol. The zero-order valence-electron chi connectivity index (χ0n) is 18.8. The summed E-state index contributed by atoms with van der Waals surface area (Å²) in [6.45, 7) is 3.95. The maximum atomic E-state index is 12.8. The molecule has 4 rings (SSSR count). The minimum Gasteiger partial charge on any atom is -0.388 e. The Bertz CT molecular complexity index is 971. The molecule has 1 saturated heterocycles. The number of sulfonamides is 1. The molecule has 1 heterocycles. The molecule has 1 aliphatic heterocycles. The van der Waals surface area contributed by atoms with E-state index in [2.05, 4.69) is 25.1 Å². The van der Waals surface area contributed by atoms with Gasteiger partial charge in [0.25, 0.3) is 0 Å². The molecular formula is C26H34NO3SY-. The van der Waals surface area contributed by atoms with Crippen molar-refractivity contribution in [2.45, 2.75) is 69.9 Å². The number of anilines is 1. The number of benzene rings is 2. The molecule has 0 aromatic heterocycles. The number of hydrogen-bond donors (Lipinski definition) is 1. The first-order valence-corrected chi connectivity index (χ1v) is 13.2. The second kappa shape index (κ2) is 11.6. The van der Waals surface area contributed by atoms with Crippen LogP contribution in [0.2, 0.25) is 0 Å². The standard InChI is InChI=1S/C26H34NO3S.Y/c1-2-20-9-6-10-22(17-20)18-25-15-16-31(29,30)27(25)24-13-11-23(12-14-24)26(28)19-21-7-4-3-5-8-21;/h6,9-14,17,21,25-26,28H,1-5,7-8,15-16,18-19H2;/q-1;. The van der Waals surface area contributed by atoms with Crippen LogP contribution in [0.15, 0.2) is 48.5 Å². The van der Waals surface area contributed by atoms with Crippen molar-refractivity contribution in [3.63, 3.8) is 0 Å². The van der Waals surface area contributed by atoms with Gasteiger partial charge in [-0.3, -0.25) is 4.31 Å². The van der Waals surface area contributed by atoms with Gasteiger partial charge in [-0.15, -0.1) is 0 Å². The summed E-state index contributed by atoms with van der Waals surface area (Å²) in [5.74, 6) is 0.777. The van der Waals surface area contributed by atoms with Gasteiger partial charge in [0.05, 0.1) is 23.6 Å². The van der Waals surface area contributed by atoms with Crippen molar-refractivity contribution in [2.24, 2.45) is 5.92 Å². The number of aliphatic hydroxyl groups is 1. The maximum absolute atomic E-state index is 12.8. The van der Waals surface area contributed by atoms with Crippen LogP contribution >= 0.6 is 0 Å². The largest absolute Gasteiger partial charge is 0.388 e. The fourth-order valence-corrected chi connectivity index (χ4v) is 7.03. The maximum Gasteiger partial charge on any atom is 0.235 e. The van der Waals surface area contributed by atoms with Gasteiger partial charge in [0.2, 0.25) is 10.0 Å². The Kier molecular flexibility index (Phi) is 9.37. The van der Waals surface area contributed by atoms with Gasteiger partial charge >= 0.3 is 0 Å². The second-order valence-electron chi connectivity index (χ2n) is 9.18. The van der Waals surface area contributed by atoms with Gasteiger partial charge in [-0.2, -0.15) is 6.42 Å². The van der Waals surface area contributed by atoms with Crippen molar-refractivity contribution in [3.8, 4) is 0 Å². The number of rotatable bonds is 7. The van der Waals surface area contributed by atoms with E-state index in [9.17, 15) is 13.5 Å². The molecule has 1 radical (unpaired) electrons. The molecule has 2 atom stereocenters. The molecule has 0 bridgehead atoms. The Morgan fingerprint density at radius 3 is 2.38 bits per heavy atom. The van der Waals surface area contributed by atoms with E-state index in [0.29, 0.717) is 24.4 Å². The van der Waals surface area contributed by atoms with Crippen LogP contribution in [0.5, 0.6) is 0 Å². The van der Waals surface area contributed by atoms with E-state index >= 15 is 0 Å². The average Bonchev–Trinajstić information content (AvgIpc) is 3.08. The monoisotopic (exact) mass is 529 g/mol. The SMILES string of the molecule is [CH2-]Cc1cccc(CC2CCS(=O)(=O)N2c2ccc(C(O)CC3CCCCC3)cc2)c1.[Y]. The molecule has 2 aromatic carbocycles. The Morgan fingerprint density at radius 1 is 1.00 bits per heavy atom. The minimum absolute atomic E-state index is 0. The Balaban J connectivity index is 0.00000289. The average molecular weight is 530 g/mol. The summed E-state index contributed by atoms with van der Waals surface area (Å²) in [6.07, 6.45) is 8.63. The molecule has 4 nitrogen and oxygen atoms in total. The van der Waals surface area contributed by atoms with Crippen LogP contribution in [0, 0.1) is 12.8 Å². The minimum atomic E-state index is -3.32. The quantitative estimate of drug-likeness (QED) is 0.501. The van der Waals surface area contributed by atoms with E-state index in [1.807, 2.05) is 30.3 Å². The molecule has 6 heteroatoms. The zero-order chi connectivity index (χ0) is 21.8. The van der Waals surface area contributed by atoms with Crippen molar-refractivity contribution in [1.29, 1.82) is 0 Å². The van der Waals surface area contributed by atoms with Gasteiger partial charge in [0.1, 0.15) is 0 Å². The number of hydrogen-bond acceptors (Lipinski definition) is 3. The summed E-state index contributed by atoms with van der Waals surface area (Å²) in [5.41, 5.74) is 3.89. The van der Waals surface area contributed by atoms with Gasteiger partial charge in [0.15, 0.2) is 0 Å². The normalized spacial score (nSPS) is 21.8. The third-order valence-electron chi connectivity index (χ3n) is 6.91. The first-order chi connectivity index (χ1) is 15.0. The summed E-state index contributed by atoms with van der Waals surface area (Å²) >= 11 is 0. The predicted molar refractivity (Wildman–Crippen MR) is 126 cm³/mol. The van der Waals surface area contributed by atoms with E-state index < -0.39 is 16.1 Å². The van der Waals surface area contributed by atoms with Gasteiger partial charge in [-0.1, -0.05) is 74.1 Å². The smallest absolute Gasteiger partial charge is 0.235 e. The van der Waals surface area contributed by atoms with Crippen molar-refractivity contribution < 1.29 is 46.2 Å². The van der Waals surface area contributed by atoms with Crippen LogP contribution in [0.1, 0.15) is 67.7 Å². The van der Waals surface area contributed by atoms with Crippen LogP contribution in [-0.2, 0) is 55.6 Å². The first-order valence-electron chi connectivity index (χ1n) is 11.6. The van der Waals surface area contributed by atoms with E-state index in [0.717, 1.165) is 24.0 Å². The van der Waals surface area contributed by atoms with Crippen LogP contribution in [0.25, 0.3) is 0 Å². The summed E-state index contributed by atoms with van der Waals surface area (Å²) < 4.78 is 27.3. The van der Waals surface area contributed by atoms with E-state index in [1.165, 1.54) is 37.7 Å². The molecule has 0 spiro atoms. The van der Waals surface area contributed by atoms with E-state index in [-0.39, 0.29) is 44.5 Å². The van der Waals surface area contributed by atoms with Crippen LogP contribution in [-0.4, -0.2) is 25.3 Å². The first kappa shape index (κ1) is 25.9.